The van der Waals surface area contributed by atoms with Gasteiger partial charge in [-0.25, -0.2) is 0 Å². The van der Waals surface area contributed by atoms with Crippen molar-refractivity contribution in [2.24, 2.45) is 0 Å². The third-order valence-corrected chi connectivity index (χ3v) is 6.57. The summed E-state index contributed by atoms with van der Waals surface area (Å²) in [5.41, 5.74) is 2.58. The van der Waals surface area contributed by atoms with Crippen LogP contribution in [0.2, 0.25) is 0 Å². The summed E-state index contributed by atoms with van der Waals surface area (Å²) in [6.07, 6.45) is 0. The average Bonchev–Trinajstić information content (AvgIpc) is 2.69. The van der Waals surface area contributed by atoms with Crippen LogP contribution in [0.3, 0.4) is 0 Å². The number of carbonyl (C=O) groups is 1. The quantitative estimate of drug-likeness (QED) is 0.290. The van der Waals surface area contributed by atoms with Gasteiger partial charge in [0, 0.05) is 0 Å². The van der Waals surface area contributed by atoms with Crippen LogP contribution in [0.5, 0.6) is 0 Å². The Morgan fingerprint density at radius 2 is 1.56 bits per heavy atom. The second kappa shape index (κ2) is 7.36. The standard InChI is InChI=1S/C23H16O3Se/c1-15(24)17-12-13-20-19(14-17)21(16-8-4-2-5-9-16)22(23(25)26-20)27-18-10-6-3-7-11-18/h2-14H,1H3. The SMILES string of the molecule is CC(=O)c1ccc2oc(=O)c([Se]c3ccccc3)c(-c3ccccc3)c2c1. The molecule has 0 saturated heterocycles. The van der Waals surface area contributed by atoms with Crippen molar-refractivity contribution >= 4 is 40.6 Å². The van der Waals surface area contributed by atoms with Gasteiger partial charge in [0.1, 0.15) is 0 Å². The van der Waals surface area contributed by atoms with Crippen LogP contribution in [0.25, 0.3) is 22.1 Å². The second-order valence-corrected chi connectivity index (χ2v) is 8.42. The molecule has 0 aliphatic carbocycles. The van der Waals surface area contributed by atoms with Crippen LogP contribution in [0.1, 0.15) is 17.3 Å². The number of hydrogen-bond acceptors (Lipinski definition) is 3. The first kappa shape index (κ1) is 17.5. The molecule has 0 fully saturated rings. The van der Waals surface area contributed by atoms with Gasteiger partial charge in [0.15, 0.2) is 0 Å². The molecule has 0 atom stereocenters. The van der Waals surface area contributed by atoms with Gasteiger partial charge in [-0.15, -0.1) is 0 Å². The Labute approximate surface area is 162 Å². The van der Waals surface area contributed by atoms with Crippen molar-refractivity contribution in [1.29, 1.82) is 0 Å². The summed E-state index contributed by atoms with van der Waals surface area (Å²) >= 11 is -0.215. The summed E-state index contributed by atoms with van der Waals surface area (Å²) in [6.45, 7) is 1.54. The molecule has 4 heteroatoms. The van der Waals surface area contributed by atoms with E-state index in [-0.39, 0.29) is 26.4 Å². The van der Waals surface area contributed by atoms with Crippen molar-refractivity contribution < 1.29 is 9.21 Å². The van der Waals surface area contributed by atoms with E-state index in [1.165, 1.54) is 6.92 Å². The van der Waals surface area contributed by atoms with Crippen LogP contribution >= 0.6 is 0 Å². The van der Waals surface area contributed by atoms with E-state index in [1.54, 1.807) is 12.1 Å². The predicted octanol–water partition coefficient (Wildman–Crippen LogP) is 3.32. The molecule has 3 nitrogen and oxygen atoms in total. The summed E-state index contributed by atoms with van der Waals surface area (Å²) in [7, 11) is 0. The van der Waals surface area contributed by atoms with Crippen LogP contribution in [-0.4, -0.2) is 20.7 Å². The fourth-order valence-electron chi connectivity index (χ4n) is 2.99. The van der Waals surface area contributed by atoms with Gasteiger partial charge >= 0.3 is 163 Å². The van der Waals surface area contributed by atoms with E-state index in [0.717, 1.165) is 21.0 Å². The first-order valence-corrected chi connectivity index (χ1v) is 10.2. The molecule has 4 aromatic rings. The van der Waals surface area contributed by atoms with Crippen molar-refractivity contribution in [3.63, 3.8) is 0 Å². The van der Waals surface area contributed by atoms with E-state index < -0.39 is 0 Å². The number of carbonyl (C=O) groups excluding carboxylic acids is 1. The van der Waals surface area contributed by atoms with Gasteiger partial charge in [-0.2, -0.15) is 0 Å². The summed E-state index contributed by atoms with van der Waals surface area (Å²) in [5.74, 6) is -0.0165. The molecule has 0 aliphatic heterocycles. The monoisotopic (exact) mass is 420 g/mol. The topological polar surface area (TPSA) is 47.3 Å². The normalized spacial score (nSPS) is 10.9. The Balaban J connectivity index is 2.05. The Bertz CT molecular complexity index is 1180. The molecule has 0 unspecified atom stereocenters. The Morgan fingerprint density at radius 1 is 0.889 bits per heavy atom. The van der Waals surface area contributed by atoms with Crippen LogP contribution in [0.4, 0.5) is 0 Å². The third-order valence-electron chi connectivity index (χ3n) is 4.30. The van der Waals surface area contributed by atoms with Gasteiger partial charge in [-0.05, 0) is 0 Å². The zero-order valence-electron chi connectivity index (χ0n) is 14.6. The molecule has 0 radical (unpaired) electrons. The van der Waals surface area contributed by atoms with Crippen molar-refractivity contribution in [1.82, 2.24) is 0 Å². The number of ketones is 1. The molecule has 0 bridgehead atoms. The Hall–Kier alpha value is -2.94. The molecular formula is C23H16O3Se. The van der Waals surface area contributed by atoms with Crippen LogP contribution in [-0.2, 0) is 0 Å². The van der Waals surface area contributed by atoms with E-state index in [4.69, 9.17) is 4.42 Å². The van der Waals surface area contributed by atoms with Gasteiger partial charge in [0.2, 0.25) is 0 Å². The van der Waals surface area contributed by atoms with Gasteiger partial charge in [-0.1, -0.05) is 0 Å². The first-order valence-electron chi connectivity index (χ1n) is 8.53. The van der Waals surface area contributed by atoms with Gasteiger partial charge in [0.05, 0.1) is 0 Å². The van der Waals surface area contributed by atoms with E-state index in [2.05, 4.69) is 0 Å². The minimum absolute atomic E-state index is 0.0165. The van der Waals surface area contributed by atoms with Crippen LogP contribution in [0, 0.1) is 0 Å². The Morgan fingerprint density at radius 3 is 2.22 bits per heavy atom. The third kappa shape index (κ3) is 3.50. The van der Waals surface area contributed by atoms with Crippen molar-refractivity contribution in [3.05, 3.63) is 94.8 Å². The van der Waals surface area contributed by atoms with Gasteiger partial charge in [0.25, 0.3) is 0 Å². The molecule has 132 valence electrons. The average molecular weight is 419 g/mol. The van der Waals surface area contributed by atoms with Gasteiger partial charge in [-0.3, -0.25) is 0 Å². The molecule has 1 aromatic heterocycles. The van der Waals surface area contributed by atoms with Crippen molar-refractivity contribution in [2.75, 3.05) is 0 Å². The molecule has 0 aliphatic rings. The first-order chi connectivity index (χ1) is 13.1. The number of Topliss-reactive ketones (excluding diaryl/α,β-unsaturated/α-hetero) is 1. The molecule has 4 rings (SSSR count). The zero-order valence-corrected chi connectivity index (χ0v) is 16.4. The van der Waals surface area contributed by atoms with E-state index in [0.29, 0.717) is 15.6 Å². The molecule has 0 amide bonds. The predicted molar refractivity (Wildman–Crippen MR) is 109 cm³/mol. The molecule has 27 heavy (non-hydrogen) atoms. The summed E-state index contributed by atoms with van der Waals surface area (Å²) in [4.78, 5) is 24.7. The number of rotatable bonds is 4. The molecule has 0 N–H and O–H groups in total. The van der Waals surface area contributed by atoms with Crippen molar-refractivity contribution in [3.8, 4) is 11.1 Å². The second-order valence-electron chi connectivity index (χ2n) is 6.14. The van der Waals surface area contributed by atoms with E-state index in [9.17, 15) is 9.59 Å². The van der Waals surface area contributed by atoms with Crippen LogP contribution in [0.15, 0.2) is 88.1 Å². The molecule has 0 spiro atoms. The molecule has 0 saturated carbocycles. The maximum absolute atomic E-state index is 12.8. The number of benzene rings is 3. The fourth-order valence-corrected chi connectivity index (χ4v) is 5.06. The summed E-state index contributed by atoms with van der Waals surface area (Å²) in [5, 5.41) is 0.793. The van der Waals surface area contributed by atoms with Crippen LogP contribution < -0.4 is 14.5 Å². The summed E-state index contributed by atoms with van der Waals surface area (Å²) < 4.78 is 7.36. The van der Waals surface area contributed by atoms with Crippen molar-refractivity contribution in [2.45, 2.75) is 6.92 Å². The molecular weight excluding hydrogens is 403 g/mol. The van der Waals surface area contributed by atoms with Gasteiger partial charge < -0.3 is 0 Å². The number of hydrogen-bond donors (Lipinski definition) is 0. The molecule has 3 aromatic carbocycles. The fraction of sp³-hybridized carbons (Fsp3) is 0.0435. The minimum atomic E-state index is -0.319. The van der Waals surface area contributed by atoms with E-state index >= 15 is 0 Å². The molecule has 1 heterocycles. The number of fused-ring (bicyclic) bond motifs is 1. The van der Waals surface area contributed by atoms with E-state index in [1.807, 2.05) is 66.7 Å². The summed E-state index contributed by atoms with van der Waals surface area (Å²) in [6, 6.07) is 25.0. The Kier molecular flexibility index (Phi) is 4.76. The maximum atomic E-state index is 12.8. The zero-order chi connectivity index (χ0) is 18.8.